The summed E-state index contributed by atoms with van der Waals surface area (Å²) in [6, 6.07) is 13.2. The molecule has 2 aromatic carbocycles. The van der Waals surface area contributed by atoms with Gasteiger partial charge in [-0.2, -0.15) is 4.98 Å². The molecule has 0 spiro atoms. The molecular weight excluding hydrogens is 442 g/mol. The van der Waals surface area contributed by atoms with E-state index in [1.165, 1.54) is 11.8 Å². The Kier molecular flexibility index (Phi) is 6.94. The van der Waals surface area contributed by atoms with Gasteiger partial charge >= 0.3 is 0 Å². The summed E-state index contributed by atoms with van der Waals surface area (Å²) in [5.74, 6) is 4.02. The molecule has 0 saturated carbocycles. The summed E-state index contributed by atoms with van der Waals surface area (Å²) >= 11 is 1.45. The summed E-state index contributed by atoms with van der Waals surface area (Å²) in [5, 5.41) is 13.5. The van der Waals surface area contributed by atoms with Crippen LogP contribution in [-0.4, -0.2) is 46.2 Å². The van der Waals surface area contributed by atoms with E-state index in [1.807, 2.05) is 34.9 Å². The van der Waals surface area contributed by atoms with Crippen LogP contribution in [0.2, 0.25) is 0 Å². The fraction of sp³-hybridized carbons (Fsp3) is 0.217. The van der Waals surface area contributed by atoms with Crippen molar-refractivity contribution in [3.8, 4) is 40.0 Å². The van der Waals surface area contributed by atoms with Crippen molar-refractivity contribution in [1.82, 2.24) is 24.9 Å². The molecular formula is C23H23N5O4S. The van der Waals surface area contributed by atoms with Crippen molar-refractivity contribution in [1.29, 1.82) is 0 Å². The van der Waals surface area contributed by atoms with Crippen LogP contribution < -0.4 is 14.2 Å². The number of allylic oxidation sites excluding steroid dienone is 1. The van der Waals surface area contributed by atoms with E-state index in [0.29, 0.717) is 46.5 Å². The van der Waals surface area contributed by atoms with Crippen LogP contribution in [0.1, 0.15) is 5.89 Å². The molecule has 2 aromatic heterocycles. The van der Waals surface area contributed by atoms with Crippen molar-refractivity contribution in [2.24, 2.45) is 0 Å². The molecule has 9 nitrogen and oxygen atoms in total. The highest BCUT2D eigenvalue weighted by Gasteiger charge is 2.18. The third-order valence-electron chi connectivity index (χ3n) is 4.81. The number of methoxy groups -OCH3 is 3. The van der Waals surface area contributed by atoms with Gasteiger partial charge in [-0.3, -0.25) is 4.57 Å². The molecule has 33 heavy (non-hydrogen) atoms. The van der Waals surface area contributed by atoms with Crippen LogP contribution in [0.25, 0.3) is 22.8 Å². The van der Waals surface area contributed by atoms with Gasteiger partial charge in [0.15, 0.2) is 22.5 Å². The lowest BCUT2D eigenvalue weighted by molar-refractivity contribution is 0.355. The number of para-hydroxylation sites is 1. The third-order valence-corrected chi connectivity index (χ3v) is 5.76. The molecule has 10 heteroatoms. The lowest BCUT2D eigenvalue weighted by atomic mass is 10.2. The zero-order valence-electron chi connectivity index (χ0n) is 18.5. The molecule has 0 saturated heterocycles. The quantitative estimate of drug-likeness (QED) is 0.248. The molecule has 4 rings (SSSR count). The lowest BCUT2D eigenvalue weighted by Gasteiger charge is -2.10. The highest BCUT2D eigenvalue weighted by atomic mass is 32.2. The van der Waals surface area contributed by atoms with Crippen LogP contribution in [0.4, 0.5) is 0 Å². The molecule has 170 valence electrons. The van der Waals surface area contributed by atoms with Gasteiger partial charge in [0.25, 0.3) is 0 Å². The molecule has 0 radical (unpaired) electrons. The summed E-state index contributed by atoms with van der Waals surface area (Å²) in [7, 11) is 4.80. The van der Waals surface area contributed by atoms with Crippen molar-refractivity contribution < 1.29 is 18.7 Å². The predicted molar refractivity (Wildman–Crippen MR) is 125 cm³/mol. The van der Waals surface area contributed by atoms with E-state index in [0.717, 1.165) is 16.9 Å². The maximum atomic E-state index is 5.48. The summed E-state index contributed by atoms with van der Waals surface area (Å²) in [6.07, 6.45) is 1.80. The number of hydrogen-bond acceptors (Lipinski definition) is 9. The monoisotopic (exact) mass is 465 g/mol. The molecule has 0 atom stereocenters. The van der Waals surface area contributed by atoms with Gasteiger partial charge in [-0.05, 0) is 30.3 Å². The zero-order chi connectivity index (χ0) is 23.2. The Morgan fingerprint density at radius 1 is 1.00 bits per heavy atom. The summed E-state index contributed by atoms with van der Waals surface area (Å²) in [4.78, 5) is 4.50. The van der Waals surface area contributed by atoms with Crippen LogP contribution in [0.15, 0.2) is 64.8 Å². The van der Waals surface area contributed by atoms with Crippen LogP contribution in [-0.2, 0) is 12.3 Å². The predicted octanol–water partition coefficient (Wildman–Crippen LogP) is 4.50. The number of benzene rings is 2. The first-order chi connectivity index (χ1) is 16.2. The fourth-order valence-electron chi connectivity index (χ4n) is 3.25. The molecule has 0 aliphatic carbocycles. The first-order valence-electron chi connectivity index (χ1n) is 10.0. The standard InChI is InChI=1S/C23H23N5O4S/c1-5-12-28-22(16-8-6-7-9-17(16)29-2)25-26-23(28)33-14-20-24-21(27-32-20)15-10-11-18(30-3)19(13-15)31-4/h5-11,13H,1,12,14H2,2-4H3. The molecule has 2 heterocycles. The Morgan fingerprint density at radius 3 is 2.55 bits per heavy atom. The molecule has 0 amide bonds. The molecule has 0 fully saturated rings. The molecule has 4 aromatic rings. The Bertz CT molecular complexity index is 1250. The van der Waals surface area contributed by atoms with Gasteiger partial charge in [0.2, 0.25) is 11.7 Å². The normalized spacial score (nSPS) is 10.8. The minimum Gasteiger partial charge on any atom is -0.496 e. The van der Waals surface area contributed by atoms with Crippen molar-refractivity contribution in [3.63, 3.8) is 0 Å². The van der Waals surface area contributed by atoms with Gasteiger partial charge < -0.3 is 18.7 Å². The topological polar surface area (TPSA) is 97.3 Å². The Morgan fingerprint density at radius 2 is 1.79 bits per heavy atom. The van der Waals surface area contributed by atoms with Gasteiger partial charge in [0, 0.05) is 12.1 Å². The Balaban J connectivity index is 1.54. The largest absolute Gasteiger partial charge is 0.496 e. The summed E-state index contributed by atoms with van der Waals surface area (Å²) in [6.45, 7) is 4.40. The number of aromatic nitrogens is 5. The molecule has 0 aliphatic rings. The van der Waals surface area contributed by atoms with Gasteiger partial charge in [-0.25, -0.2) is 0 Å². The molecule has 0 aliphatic heterocycles. The van der Waals surface area contributed by atoms with Crippen molar-refractivity contribution >= 4 is 11.8 Å². The number of ether oxygens (including phenoxy) is 3. The smallest absolute Gasteiger partial charge is 0.237 e. The van der Waals surface area contributed by atoms with Gasteiger partial charge in [-0.15, -0.1) is 16.8 Å². The average molecular weight is 466 g/mol. The summed E-state index contributed by atoms with van der Waals surface area (Å²) < 4.78 is 23.5. The minimum atomic E-state index is 0.432. The maximum absolute atomic E-state index is 5.48. The highest BCUT2D eigenvalue weighted by molar-refractivity contribution is 7.98. The zero-order valence-corrected chi connectivity index (χ0v) is 19.3. The van der Waals surface area contributed by atoms with Crippen molar-refractivity contribution in [2.75, 3.05) is 21.3 Å². The summed E-state index contributed by atoms with van der Waals surface area (Å²) in [5.41, 5.74) is 1.62. The number of nitrogens with zero attached hydrogens (tertiary/aromatic N) is 5. The van der Waals surface area contributed by atoms with Crippen molar-refractivity contribution in [2.45, 2.75) is 17.5 Å². The van der Waals surface area contributed by atoms with E-state index < -0.39 is 0 Å². The van der Waals surface area contributed by atoms with Crippen LogP contribution in [0.5, 0.6) is 17.2 Å². The number of hydrogen-bond donors (Lipinski definition) is 0. The maximum Gasteiger partial charge on any atom is 0.237 e. The fourth-order valence-corrected chi connectivity index (χ4v) is 4.04. The molecule has 0 bridgehead atoms. The molecule has 0 unspecified atom stereocenters. The second-order valence-corrected chi connectivity index (χ2v) is 7.72. The van der Waals surface area contributed by atoms with Crippen LogP contribution >= 0.6 is 11.8 Å². The van der Waals surface area contributed by atoms with Gasteiger partial charge in [0.05, 0.1) is 32.6 Å². The Labute approximate surface area is 195 Å². The van der Waals surface area contributed by atoms with Crippen LogP contribution in [0.3, 0.4) is 0 Å². The van der Waals surface area contributed by atoms with E-state index in [-0.39, 0.29) is 0 Å². The third kappa shape index (κ3) is 4.70. The van der Waals surface area contributed by atoms with Gasteiger partial charge in [0.1, 0.15) is 5.75 Å². The minimum absolute atomic E-state index is 0.432. The first kappa shape index (κ1) is 22.4. The van der Waals surface area contributed by atoms with E-state index in [1.54, 1.807) is 39.5 Å². The highest BCUT2D eigenvalue weighted by Crippen LogP contribution is 2.33. The van der Waals surface area contributed by atoms with E-state index in [4.69, 9.17) is 18.7 Å². The second kappa shape index (κ2) is 10.2. The lowest BCUT2D eigenvalue weighted by Crippen LogP contribution is -2.01. The first-order valence-corrected chi connectivity index (χ1v) is 11.0. The van der Waals surface area contributed by atoms with Gasteiger partial charge in [-0.1, -0.05) is 35.1 Å². The van der Waals surface area contributed by atoms with Crippen LogP contribution in [0, 0.1) is 0 Å². The van der Waals surface area contributed by atoms with Crippen molar-refractivity contribution in [3.05, 3.63) is 61.0 Å². The van der Waals surface area contributed by atoms with E-state index in [2.05, 4.69) is 26.9 Å². The Hall–Kier alpha value is -3.79. The second-order valence-electron chi connectivity index (χ2n) is 6.78. The van der Waals surface area contributed by atoms with E-state index in [9.17, 15) is 0 Å². The van der Waals surface area contributed by atoms with E-state index >= 15 is 0 Å². The number of thioether (sulfide) groups is 1. The molecule has 0 N–H and O–H groups in total. The average Bonchev–Trinajstić information content (AvgIpc) is 3.49. The number of rotatable bonds is 10. The SMILES string of the molecule is C=CCn1c(SCc2nc(-c3ccc(OC)c(OC)c3)no2)nnc1-c1ccccc1OC.